The summed E-state index contributed by atoms with van der Waals surface area (Å²) in [6.07, 6.45) is 3.62. The molecule has 1 saturated carbocycles. The third-order valence-electron chi connectivity index (χ3n) is 4.45. The molecule has 1 unspecified atom stereocenters. The first-order chi connectivity index (χ1) is 9.49. The minimum absolute atomic E-state index is 0.0731. The smallest absolute Gasteiger partial charge is 0.326 e. The summed E-state index contributed by atoms with van der Waals surface area (Å²) in [6.45, 7) is 1.55. The van der Waals surface area contributed by atoms with Gasteiger partial charge in [0.25, 0.3) is 0 Å². The second-order valence-electron chi connectivity index (χ2n) is 5.59. The highest BCUT2D eigenvalue weighted by Gasteiger charge is 2.45. The molecule has 1 aromatic carbocycles. The van der Waals surface area contributed by atoms with Crippen LogP contribution in [0, 0.1) is 0 Å². The minimum atomic E-state index is -0.970. The van der Waals surface area contributed by atoms with Gasteiger partial charge in [0.1, 0.15) is 6.04 Å². The Hall–Kier alpha value is -1.84. The largest absolute Gasteiger partial charge is 0.480 e. The Kier molecular flexibility index (Phi) is 4.12. The number of carboxylic acids is 1. The van der Waals surface area contributed by atoms with Crippen LogP contribution in [0.3, 0.4) is 0 Å². The average molecular weight is 275 g/mol. The maximum Gasteiger partial charge on any atom is 0.326 e. The van der Waals surface area contributed by atoms with Crippen LogP contribution in [0.1, 0.15) is 38.2 Å². The van der Waals surface area contributed by atoms with Crippen LogP contribution in [0.5, 0.6) is 0 Å². The molecular formula is C16H21NO3. The molecule has 0 saturated heterocycles. The molecule has 1 aliphatic carbocycles. The van der Waals surface area contributed by atoms with Gasteiger partial charge in [0, 0.05) is 7.05 Å². The van der Waals surface area contributed by atoms with Gasteiger partial charge in [-0.05, 0) is 25.3 Å². The highest BCUT2D eigenvalue weighted by Crippen LogP contribution is 2.42. The summed E-state index contributed by atoms with van der Waals surface area (Å²) in [4.78, 5) is 25.4. The number of benzene rings is 1. The fourth-order valence-corrected chi connectivity index (χ4v) is 3.04. The van der Waals surface area contributed by atoms with E-state index in [4.69, 9.17) is 5.11 Å². The number of rotatable bonds is 4. The van der Waals surface area contributed by atoms with Gasteiger partial charge in [-0.2, -0.15) is 0 Å². The number of likely N-dealkylation sites (N-methyl/N-ethyl adjacent to an activating group) is 1. The van der Waals surface area contributed by atoms with E-state index in [1.165, 1.54) is 4.90 Å². The molecule has 20 heavy (non-hydrogen) atoms. The average Bonchev–Trinajstić information content (AvgIpc) is 2.96. The maximum atomic E-state index is 12.9. The molecule has 1 atom stereocenters. The predicted molar refractivity (Wildman–Crippen MR) is 76.5 cm³/mol. The van der Waals surface area contributed by atoms with E-state index in [0.29, 0.717) is 0 Å². The van der Waals surface area contributed by atoms with Crippen molar-refractivity contribution in [3.63, 3.8) is 0 Å². The predicted octanol–water partition coefficient (Wildman–Crippen LogP) is 2.43. The molecule has 4 heteroatoms. The quantitative estimate of drug-likeness (QED) is 0.918. The number of aliphatic carboxylic acids is 1. The molecule has 4 nitrogen and oxygen atoms in total. The first-order valence-corrected chi connectivity index (χ1v) is 7.04. The summed E-state index contributed by atoms with van der Waals surface area (Å²) in [6, 6.07) is 8.95. The van der Waals surface area contributed by atoms with E-state index in [9.17, 15) is 9.59 Å². The summed E-state index contributed by atoms with van der Waals surface area (Å²) in [7, 11) is 1.59. The van der Waals surface area contributed by atoms with E-state index < -0.39 is 17.4 Å². The summed E-state index contributed by atoms with van der Waals surface area (Å²) >= 11 is 0. The summed E-state index contributed by atoms with van der Waals surface area (Å²) in [5.74, 6) is -1.04. The molecule has 0 aromatic heterocycles. The van der Waals surface area contributed by atoms with Crippen molar-refractivity contribution >= 4 is 11.9 Å². The van der Waals surface area contributed by atoms with E-state index in [0.717, 1.165) is 31.2 Å². The fraction of sp³-hybridized carbons (Fsp3) is 0.500. The lowest BCUT2D eigenvalue weighted by molar-refractivity contribution is -0.150. The third kappa shape index (κ3) is 2.42. The molecule has 1 amide bonds. The topological polar surface area (TPSA) is 57.6 Å². The molecule has 108 valence electrons. The number of carboxylic acid groups (broad SMARTS) is 1. The Morgan fingerprint density at radius 2 is 1.75 bits per heavy atom. The zero-order valence-electron chi connectivity index (χ0n) is 12.0. The van der Waals surface area contributed by atoms with Crippen LogP contribution in [-0.2, 0) is 15.0 Å². The molecule has 0 heterocycles. The van der Waals surface area contributed by atoms with Gasteiger partial charge >= 0.3 is 5.97 Å². The van der Waals surface area contributed by atoms with E-state index in [-0.39, 0.29) is 5.91 Å². The Balaban J connectivity index is 2.34. The highest BCUT2D eigenvalue weighted by molar-refractivity contribution is 5.91. The van der Waals surface area contributed by atoms with Crippen LogP contribution in [0.4, 0.5) is 0 Å². The Morgan fingerprint density at radius 1 is 1.20 bits per heavy atom. The number of carbonyl (C=O) groups excluding carboxylic acids is 1. The van der Waals surface area contributed by atoms with E-state index in [1.54, 1.807) is 14.0 Å². The molecule has 0 aliphatic heterocycles. The lowest BCUT2D eigenvalue weighted by atomic mass is 9.77. The highest BCUT2D eigenvalue weighted by atomic mass is 16.4. The SMILES string of the molecule is CC(C(=O)O)N(C)C(=O)C1(c2ccccc2)CCCC1. The Labute approximate surface area is 119 Å². The lowest BCUT2D eigenvalue weighted by Gasteiger charge is -2.34. The summed E-state index contributed by atoms with van der Waals surface area (Å²) < 4.78 is 0. The van der Waals surface area contributed by atoms with Crippen molar-refractivity contribution in [3.05, 3.63) is 35.9 Å². The second kappa shape index (κ2) is 5.65. The summed E-state index contributed by atoms with van der Waals surface area (Å²) in [5, 5.41) is 9.10. The minimum Gasteiger partial charge on any atom is -0.480 e. The summed E-state index contributed by atoms with van der Waals surface area (Å²) in [5.41, 5.74) is 0.464. The fourth-order valence-electron chi connectivity index (χ4n) is 3.04. The van der Waals surface area contributed by atoms with Gasteiger partial charge in [-0.25, -0.2) is 4.79 Å². The number of hydrogen-bond donors (Lipinski definition) is 1. The maximum absolute atomic E-state index is 12.9. The molecule has 1 aromatic rings. The monoisotopic (exact) mass is 275 g/mol. The van der Waals surface area contributed by atoms with Crippen LogP contribution in [0.25, 0.3) is 0 Å². The van der Waals surface area contributed by atoms with Crippen molar-refractivity contribution in [2.24, 2.45) is 0 Å². The van der Waals surface area contributed by atoms with Gasteiger partial charge in [-0.1, -0.05) is 43.2 Å². The van der Waals surface area contributed by atoms with Crippen molar-refractivity contribution in [2.45, 2.75) is 44.1 Å². The van der Waals surface area contributed by atoms with E-state index in [1.807, 2.05) is 30.3 Å². The van der Waals surface area contributed by atoms with Gasteiger partial charge in [0.2, 0.25) is 5.91 Å². The number of amides is 1. The molecule has 1 fully saturated rings. The number of nitrogens with zero attached hydrogens (tertiary/aromatic N) is 1. The molecule has 0 bridgehead atoms. The van der Waals surface area contributed by atoms with Crippen LogP contribution in [-0.4, -0.2) is 35.0 Å². The van der Waals surface area contributed by atoms with Crippen molar-refractivity contribution in [1.29, 1.82) is 0 Å². The Morgan fingerprint density at radius 3 is 2.25 bits per heavy atom. The van der Waals surface area contributed by atoms with Crippen molar-refractivity contribution in [2.75, 3.05) is 7.05 Å². The van der Waals surface area contributed by atoms with Crippen LogP contribution in [0.2, 0.25) is 0 Å². The van der Waals surface area contributed by atoms with E-state index in [2.05, 4.69) is 0 Å². The van der Waals surface area contributed by atoms with Gasteiger partial charge in [0.05, 0.1) is 5.41 Å². The molecule has 1 N–H and O–H groups in total. The standard InChI is InChI=1S/C16H21NO3/c1-12(14(18)19)17(2)15(20)16(10-6-7-11-16)13-8-4-3-5-9-13/h3-5,8-9,12H,6-7,10-11H2,1-2H3,(H,18,19). The van der Waals surface area contributed by atoms with Gasteiger partial charge < -0.3 is 10.0 Å². The lowest BCUT2D eigenvalue weighted by Crippen LogP contribution is -2.49. The van der Waals surface area contributed by atoms with Crippen molar-refractivity contribution in [3.8, 4) is 0 Å². The van der Waals surface area contributed by atoms with Crippen molar-refractivity contribution in [1.82, 2.24) is 4.90 Å². The normalized spacial score (nSPS) is 18.5. The van der Waals surface area contributed by atoms with Gasteiger partial charge in [-0.15, -0.1) is 0 Å². The van der Waals surface area contributed by atoms with Gasteiger partial charge in [0.15, 0.2) is 0 Å². The molecular weight excluding hydrogens is 254 g/mol. The Bertz CT molecular complexity index is 492. The zero-order valence-corrected chi connectivity index (χ0v) is 12.0. The van der Waals surface area contributed by atoms with Crippen LogP contribution >= 0.6 is 0 Å². The van der Waals surface area contributed by atoms with Crippen molar-refractivity contribution < 1.29 is 14.7 Å². The van der Waals surface area contributed by atoms with Crippen LogP contribution < -0.4 is 0 Å². The number of carbonyl (C=O) groups is 2. The molecule has 1 aliphatic rings. The van der Waals surface area contributed by atoms with E-state index >= 15 is 0 Å². The molecule has 2 rings (SSSR count). The first-order valence-electron chi connectivity index (χ1n) is 7.04. The first kappa shape index (κ1) is 14.6. The second-order valence-corrected chi connectivity index (χ2v) is 5.59. The van der Waals surface area contributed by atoms with Gasteiger partial charge in [-0.3, -0.25) is 4.79 Å². The van der Waals surface area contributed by atoms with Crippen LogP contribution in [0.15, 0.2) is 30.3 Å². The zero-order chi connectivity index (χ0) is 14.8. The number of hydrogen-bond acceptors (Lipinski definition) is 2. The third-order valence-corrected chi connectivity index (χ3v) is 4.45. The molecule has 0 spiro atoms. The molecule has 0 radical (unpaired) electrons.